The molecule has 0 aliphatic carbocycles. The second kappa shape index (κ2) is 11.7. The fraction of sp³-hybridized carbons (Fsp3) is 0.577. The zero-order valence-electron chi connectivity index (χ0n) is 21.5. The van der Waals surface area contributed by atoms with E-state index in [1.165, 1.54) is 4.90 Å². The van der Waals surface area contributed by atoms with Crippen molar-refractivity contribution in [2.24, 2.45) is 4.99 Å². The molecule has 0 spiro atoms. The van der Waals surface area contributed by atoms with Crippen LogP contribution in [0, 0.1) is 0 Å². The van der Waals surface area contributed by atoms with Gasteiger partial charge in [0.25, 0.3) is 5.91 Å². The van der Waals surface area contributed by atoms with Gasteiger partial charge in [-0.2, -0.15) is 0 Å². The van der Waals surface area contributed by atoms with Gasteiger partial charge in [0, 0.05) is 45.3 Å². The van der Waals surface area contributed by atoms with Crippen molar-refractivity contribution in [2.75, 3.05) is 45.2 Å². The molecule has 0 radical (unpaired) electrons. The molecule has 1 saturated heterocycles. The highest BCUT2D eigenvalue weighted by Gasteiger charge is 2.62. The van der Waals surface area contributed by atoms with Crippen molar-refractivity contribution in [3.05, 3.63) is 47.5 Å². The number of aliphatic hydroxyl groups excluding tert-OH is 1. The summed E-state index contributed by atoms with van der Waals surface area (Å²) in [5, 5.41) is 15.9. The highest BCUT2D eigenvalue weighted by Crippen LogP contribution is 2.41. The fourth-order valence-corrected chi connectivity index (χ4v) is 6.11. The molecular formula is C26H38N6O3S. The van der Waals surface area contributed by atoms with Crippen molar-refractivity contribution in [1.82, 2.24) is 24.7 Å². The average molecular weight is 515 g/mol. The van der Waals surface area contributed by atoms with Crippen LogP contribution in [0.1, 0.15) is 39.2 Å². The first-order chi connectivity index (χ1) is 17.5. The number of aliphatic imine (C=N–C) groups is 1. The highest BCUT2D eigenvalue weighted by molar-refractivity contribution is 8.02. The molecule has 196 valence electrons. The molecule has 1 fully saturated rings. The van der Waals surface area contributed by atoms with Gasteiger partial charge in [0.15, 0.2) is 11.7 Å². The third-order valence-corrected chi connectivity index (χ3v) is 7.91. The van der Waals surface area contributed by atoms with Gasteiger partial charge >= 0.3 is 6.03 Å². The summed E-state index contributed by atoms with van der Waals surface area (Å²) in [4.78, 5) is 38.6. The Bertz CT molecular complexity index is 989. The van der Waals surface area contributed by atoms with E-state index in [9.17, 15) is 14.7 Å². The van der Waals surface area contributed by atoms with Gasteiger partial charge in [0.2, 0.25) is 0 Å². The summed E-state index contributed by atoms with van der Waals surface area (Å²) in [6.07, 6.45) is 3.80. The van der Waals surface area contributed by atoms with E-state index in [-0.39, 0.29) is 18.5 Å². The molecule has 0 saturated carbocycles. The van der Waals surface area contributed by atoms with Crippen LogP contribution in [0.2, 0.25) is 0 Å². The average Bonchev–Trinajstić information content (AvgIpc) is 3.52. The fourth-order valence-electron chi connectivity index (χ4n) is 5.36. The third kappa shape index (κ3) is 4.86. The van der Waals surface area contributed by atoms with Gasteiger partial charge in [0.05, 0.1) is 12.5 Å². The number of fused-ring (bicyclic) bond motifs is 1. The van der Waals surface area contributed by atoms with Gasteiger partial charge in [-0.05, 0) is 23.8 Å². The van der Waals surface area contributed by atoms with Gasteiger partial charge < -0.3 is 10.0 Å². The lowest BCUT2D eigenvalue weighted by Gasteiger charge is -2.51. The van der Waals surface area contributed by atoms with Crippen molar-refractivity contribution >= 4 is 29.5 Å². The third-order valence-electron chi connectivity index (χ3n) is 7.12. The van der Waals surface area contributed by atoms with E-state index in [4.69, 9.17) is 4.99 Å². The first kappa shape index (κ1) is 26.5. The van der Waals surface area contributed by atoms with Crippen LogP contribution >= 0.6 is 11.8 Å². The quantitative estimate of drug-likeness (QED) is 0.459. The van der Waals surface area contributed by atoms with Crippen molar-refractivity contribution in [3.8, 4) is 0 Å². The van der Waals surface area contributed by atoms with Gasteiger partial charge in [-0.25, -0.2) is 14.8 Å². The molecule has 3 aliphatic rings. The van der Waals surface area contributed by atoms with Gasteiger partial charge in [-0.15, -0.1) is 11.8 Å². The first-order valence-electron chi connectivity index (χ1n) is 12.9. The van der Waals surface area contributed by atoms with Gasteiger partial charge in [0.1, 0.15) is 5.84 Å². The summed E-state index contributed by atoms with van der Waals surface area (Å²) in [7, 11) is 0. The Morgan fingerprint density at radius 3 is 2.53 bits per heavy atom. The lowest BCUT2D eigenvalue weighted by molar-refractivity contribution is -0.151. The van der Waals surface area contributed by atoms with E-state index in [1.807, 2.05) is 53.9 Å². The number of aliphatic hydroxyl groups is 1. The van der Waals surface area contributed by atoms with E-state index in [0.29, 0.717) is 52.0 Å². The molecule has 2 atom stereocenters. The maximum atomic E-state index is 14.1. The number of amidine groups is 1. The summed E-state index contributed by atoms with van der Waals surface area (Å²) < 4.78 is 0. The number of carbonyl (C=O) groups is 2. The molecule has 0 aromatic heterocycles. The summed E-state index contributed by atoms with van der Waals surface area (Å²) in [5.41, 5.74) is 0.0864. The number of thioether (sulfide) groups is 1. The number of imide groups is 1. The molecule has 1 aromatic carbocycles. The molecule has 3 aliphatic heterocycles. The second-order valence-electron chi connectivity index (χ2n) is 9.26. The van der Waals surface area contributed by atoms with Crippen molar-refractivity contribution < 1.29 is 14.7 Å². The SMILES string of the molecule is CCCN1C(=O)C2N(N(CC)CCO)C(Cc3ccccc3)=NC2(CC)N(CCN2C=CSC2)C1=O. The second-order valence-corrected chi connectivity index (χ2v) is 10.1. The van der Waals surface area contributed by atoms with Gasteiger partial charge in [-0.1, -0.05) is 51.1 Å². The van der Waals surface area contributed by atoms with Crippen LogP contribution in [-0.4, -0.2) is 105 Å². The van der Waals surface area contributed by atoms with E-state index in [1.54, 1.807) is 11.8 Å². The van der Waals surface area contributed by atoms with Crippen LogP contribution in [0.4, 0.5) is 4.79 Å². The summed E-state index contributed by atoms with van der Waals surface area (Å²) in [5.74, 6) is 1.40. The number of likely N-dealkylation sites (N-methyl/N-ethyl adjacent to an activating group) is 1. The molecule has 9 nitrogen and oxygen atoms in total. The Kier molecular flexibility index (Phi) is 8.58. The number of urea groups is 1. The molecule has 1 aromatic rings. The molecule has 10 heteroatoms. The molecule has 1 N–H and O–H groups in total. The standard InChI is InChI=1S/C26H38N6O3S/c1-4-12-30-24(34)23-26(5-2,31(25(30)35)14-13-28-16-18-36-20-28)27-22(19-21-10-8-7-9-11-21)32(23)29(6-3)15-17-33/h7-11,16,18,23,33H,4-6,12-15,17,19-20H2,1-3H3. The van der Waals surface area contributed by atoms with Gasteiger partial charge in [-0.3, -0.25) is 19.6 Å². The summed E-state index contributed by atoms with van der Waals surface area (Å²) >= 11 is 1.73. The first-order valence-corrected chi connectivity index (χ1v) is 14.0. The molecule has 4 rings (SSSR count). The Morgan fingerprint density at radius 2 is 1.92 bits per heavy atom. The Hall–Kier alpha value is -2.56. The zero-order chi connectivity index (χ0) is 25.7. The Labute approximate surface area is 218 Å². The van der Waals surface area contributed by atoms with Crippen LogP contribution in [0.15, 0.2) is 46.9 Å². The largest absolute Gasteiger partial charge is 0.395 e. The number of hydrogen-bond donors (Lipinski definition) is 1. The topological polar surface area (TPSA) is 82.9 Å². The van der Waals surface area contributed by atoms with Crippen LogP contribution < -0.4 is 0 Å². The zero-order valence-corrected chi connectivity index (χ0v) is 22.4. The summed E-state index contributed by atoms with van der Waals surface area (Å²) in [6, 6.07) is 9.14. The normalized spacial score (nSPS) is 23.8. The Morgan fingerprint density at radius 1 is 1.14 bits per heavy atom. The van der Waals surface area contributed by atoms with Crippen LogP contribution in [0.5, 0.6) is 0 Å². The lowest BCUT2D eigenvalue weighted by atomic mass is 9.92. The smallest absolute Gasteiger partial charge is 0.328 e. The molecule has 36 heavy (non-hydrogen) atoms. The summed E-state index contributed by atoms with van der Waals surface area (Å²) in [6.45, 7) is 8.48. The minimum Gasteiger partial charge on any atom is -0.395 e. The number of rotatable bonds is 12. The molecule has 2 unspecified atom stereocenters. The minimum atomic E-state index is -0.998. The van der Waals surface area contributed by atoms with Crippen molar-refractivity contribution in [1.29, 1.82) is 0 Å². The van der Waals surface area contributed by atoms with Crippen molar-refractivity contribution in [2.45, 2.75) is 51.7 Å². The predicted octanol–water partition coefficient (Wildman–Crippen LogP) is 2.80. The van der Waals surface area contributed by atoms with E-state index < -0.39 is 11.7 Å². The number of amides is 3. The number of hydrazine groups is 1. The number of carbonyl (C=O) groups excluding carboxylic acids is 2. The molecule has 3 amide bonds. The van der Waals surface area contributed by atoms with E-state index in [0.717, 1.165) is 17.3 Å². The number of nitrogens with zero attached hydrogens (tertiary/aromatic N) is 6. The Balaban J connectivity index is 1.79. The van der Waals surface area contributed by atoms with Crippen molar-refractivity contribution in [3.63, 3.8) is 0 Å². The van der Waals surface area contributed by atoms with Crippen LogP contribution in [0.3, 0.4) is 0 Å². The lowest BCUT2D eigenvalue weighted by Crippen LogP contribution is -2.74. The van der Waals surface area contributed by atoms with Crippen LogP contribution in [-0.2, 0) is 11.2 Å². The number of hydrogen-bond acceptors (Lipinski definition) is 8. The monoisotopic (exact) mass is 514 g/mol. The maximum absolute atomic E-state index is 14.1. The maximum Gasteiger partial charge on any atom is 0.328 e. The number of benzene rings is 1. The predicted molar refractivity (Wildman–Crippen MR) is 143 cm³/mol. The molecular weight excluding hydrogens is 476 g/mol. The van der Waals surface area contributed by atoms with E-state index in [2.05, 4.69) is 28.6 Å². The van der Waals surface area contributed by atoms with E-state index >= 15 is 0 Å². The molecule has 3 heterocycles. The molecule has 0 bridgehead atoms. The minimum absolute atomic E-state index is 0.0384. The highest BCUT2D eigenvalue weighted by atomic mass is 32.2. The van der Waals surface area contributed by atoms with Crippen LogP contribution in [0.25, 0.3) is 0 Å².